The molecule has 1 heterocycles. The Hall–Kier alpha value is -0.860. The molecule has 0 saturated carbocycles. The number of rotatable bonds is 5. The van der Waals surface area contributed by atoms with Crippen LogP contribution >= 0.6 is 0 Å². The molecule has 0 saturated heterocycles. The summed E-state index contributed by atoms with van der Waals surface area (Å²) in [5.41, 5.74) is 2.65. The molecule has 18 heavy (non-hydrogen) atoms. The molecule has 1 aromatic rings. The van der Waals surface area contributed by atoms with Crippen molar-refractivity contribution in [2.45, 2.75) is 51.7 Å². The van der Waals surface area contributed by atoms with Gasteiger partial charge >= 0.3 is 0 Å². The van der Waals surface area contributed by atoms with Gasteiger partial charge in [0.2, 0.25) is 0 Å². The molecule has 1 N–H and O–H groups in total. The third kappa shape index (κ3) is 3.33. The molecular formula is C16H24O2. The molecule has 1 aliphatic heterocycles. The summed E-state index contributed by atoms with van der Waals surface area (Å²) in [5.74, 6) is 0.582. The zero-order valence-corrected chi connectivity index (χ0v) is 11.4. The first-order valence-corrected chi connectivity index (χ1v) is 7.08. The first-order valence-electron chi connectivity index (χ1n) is 7.08. The van der Waals surface area contributed by atoms with Crippen LogP contribution in [-0.2, 0) is 11.2 Å². The summed E-state index contributed by atoms with van der Waals surface area (Å²) < 4.78 is 5.83. The Morgan fingerprint density at radius 1 is 1.39 bits per heavy atom. The number of hydrogen-bond donors (Lipinski definition) is 1. The molecule has 100 valence electrons. The minimum absolute atomic E-state index is 0.0778. The van der Waals surface area contributed by atoms with Gasteiger partial charge in [-0.05, 0) is 29.9 Å². The SMILES string of the molecule is CCC(C)CC(O)CC1OCCc2ccccc21. The molecule has 0 aliphatic carbocycles. The predicted octanol–water partition coefficient (Wildman–Crippen LogP) is 3.49. The van der Waals surface area contributed by atoms with Crippen molar-refractivity contribution in [3.63, 3.8) is 0 Å². The summed E-state index contributed by atoms with van der Waals surface area (Å²) in [4.78, 5) is 0. The van der Waals surface area contributed by atoms with Crippen LogP contribution in [0, 0.1) is 5.92 Å². The largest absolute Gasteiger partial charge is 0.393 e. The van der Waals surface area contributed by atoms with Crippen molar-refractivity contribution in [2.24, 2.45) is 5.92 Å². The molecule has 1 aliphatic rings. The Labute approximate surface area is 110 Å². The minimum Gasteiger partial charge on any atom is -0.393 e. The van der Waals surface area contributed by atoms with Crippen molar-refractivity contribution in [1.82, 2.24) is 0 Å². The third-order valence-corrected chi connectivity index (χ3v) is 3.95. The van der Waals surface area contributed by atoms with Crippen molar-refractivity contribution >= 4 is 0 Å². The highest BCUT2D eigenvalue weighted by Crippen LogP contribution is 2.31. The minimum atomic E-state index is -0.254. The second-order valence-electron chi connectivity index (χ2n) is 5.45. The van der Waals surface area contributed by atoms with Gasteiger partial charge in [-0.3, -0.25) is 0 Å². The van der Waals surface area contributed by atoms with Crippen LogP contribution in [0.15, 0.2) is 24.3 Å². The van der Waals surface area contributed by atoms with Gasteiger partial charge in [-0.1, -0.05) is 44.5 Å². The standard InChI is InChI=1S/C16H24O2/c1-3-12(2)10-14(17)11-16-15-7-5-4-6-13(15)8-9-18-16/h4-7,12,14,16-17H,3,8-11H2,1-2H3. The van der Waals surface area contributed by atoms with Crippen molar-refractivity contribution in [2.75, 3.05) is 6.61 Å². The number of hydrogen-bond acceptors (Lipinski definition) is 2. The smallest absolute Gasteiger partial charge is 0.0852 e. The van der Waals surface area contributed by atoms with Gasteiger partial charge in [0, 0.05) is 6.42 Å². The summed E-state index contributed by atoms with van der Waals surface area (Å²) in [6.45, 7) is 5.14. The van der Waals surface area contributed by atoms with Gasteiger partial charge in [-0.2, -0.15) is 0 Å². The lowest BCUT2D eigenvalue weighted by molar-refractivity contribution is -0.000792. The van der Waals surface area contributed by atoms with E-state index in [2.05, 4.69) is 38.1 Å². The maximum atomic E-state index is 10.1. The van der Waals surface area contributed by atoms with Crippen LogP contribution in [0.25, 0.3) is 0 Å². The van der Waals surface area contributed by atoms with E-state index in [0.29, 0.717) is 5.92 Å². The molecule has 0 bridgehead atoms. The third-order valence-electron chi connectivity index (χ3n) is 3.95. The molecule has 2 rings (SSSR count). The first kappa shape index (κ1) is 13.6. The summed E-state index contributed by atoms with van der Waals surface area (Å²) >= 11 is 0. The van der Waals surface area contributed by atoms with Crippen molar-refractivity contribution in [3.8, 4) is 0 Å². The van der Waals surface area contributed by atoms with Crippen LogP contribution in [0.5, 0.6) is 0 Å². The fraction of sp³-hybridized carbons (Fsp3) is 0.625. The molecule has 3 atom stereocenters. The summed E-state index contributed by atoms with van der Waals surface area (Å²) in [5, 5.41) is 10.1. The average molecular weight is 248 g/mol. The Balaban J connectivity index is 1.98. The van der Waals surface area contributed by atoms with E-state index < -0.39 is 0 Å². The predicted molar refractivity (Wildman–Crippen MR) is 73.5 cm³/mol. The lowest BCUT2D eigenvalue weighted by Gasteiger charge is -2.28. The van der Waals surface area contributed by atoms with Crippen LogP contribution in [0.2, 0.25) is 0 Å². The average Bonchev–Trinajstić information content (AvgIpc) is 2.39. The maximum Gasteiger partial charge on any atom is 0.0852 e. The van der Waals surface area contributed by atoms with Crippen molar-refractivity contribution in [1.29, 1.82) is 0 Å². The fourth-order valence-electron chi connectivity index (χ4n) is 2.65. The van der Waals surface area contributed by atoms with Gasteiger partial charge in [0.15, 0.2) is 0 Å². The second-order valence-corrected chi connectivity index (χ2v) is 5.45. The van der Waals surface area contributed by atoms with Gasteiger partial charge in [0.25, 0.3) is 0 Å². The van der Waals surface area contributed by atoms with Gasteiger partial charge in [-0.15, -0.1) is 0 Å². The zero-order valence-electron chi connectivity index (χ0n) is 11.4. The topological polar surface area (TPSA) is 29.5 Å². The molecule has 0 aromatic heterocycles. The highest BCUT2D eigenvalue weighted by molar-refractivity contribution is 5.30. The van der Waals surface area contributed by atoms with Gasteiger partial charge in [0.05, 0.1) is 18.8 Å². The highest BCUT2D eigenvalue weighted by Gasteiger charge is 2.23. The lowest BCUT2D eigenvalue weighted by atomic mass is 9.91. The Bertz CT molecular complexity index is 375. The summed E-state index contributed by atoms with van der Waals surface area (Å²) in [6.07, 6.45) is 3.54. The van der Waals surface area contributed by atoms with E-state index in [1.807, 2.05) is 0 Å². The van der Waals surface area contributed by atoms with E-state index in [-0.39, 0.29) is 12.2 Å². The summed E-state index contributed by atoms with van der Waals surface area (Å²) in [7, 11) is 0. The lowest BCUT2D eigenvalue weighted by Crippen LogP contribution is -2.22. The first-order chi connectivity index (χ1) is 8.70. The quantitative estimate of drug-likeness (QED) is 0.864. The molecule has 0 fully saturated rings. The van der Waals surface area contributed by atoms with E-state index in [1.54, 1.807) is 0 Å². The van der Waals surface area contributed by atoms with Crippen molar-refractivity contribution < 1.29 is 9.84 Å². The number of fused-ring (bicyclic) bond motifs is 1. The molecule has 3 unspecified atom stereocenters. The van der Waals surface area contributed by atoms with Gasteiger partial charge in [0.1, 0.15) is 0 Å². The molecule has 2 heteroatoms. The Morgan fingerprint density at radius 3 is 2.94 bits per heavy atom. The molecular weight excluding hydrogens is 224 g/mol. The van der Waals surface area contributed by atoms with Gasteiger partial charge in [-0.25, -0.2) is 0 Å². The maximum absolute atomic E-state index is 10.1. The number of benzene rings is 1. The Kier molecular flexibility index (Phi) is 4.79. The van der Waals surface area contributed by atoms with Crippen LogP contribution in [0.4, 0.5) is 0 Å². The zero-order chi connectivity index (χ0) is 13.0. The van der Waals surface area contributed by atoms with Crippen LogP contribution in [0.1, 0.15) is 50.3 Å². The van der Waals surface area contributed by atoms with Crippen molar-refractivity contribution in [3.05, 3.63) is 35.4 Å². The van der Waals surface area contributed by atoms with E-state index >= 15 is 0 Å². The molecule has 0 radical (unpaired) electrons. The second kappa shape index (κ2) is 6.35. The molecule has 0 spiro atoms. The Morgan fingerprint density at radius 2 is 2.17 bits per heavy atom. The fourth-order valence-corrected chi connectivity index (χ4v) is 2.65. The van der Waals surface area contributed by atoms with E-state index in [4.69, 9.17) is 4.74 Å². The van der Waals surface area contributed by atoms with E-state index in [9.17, 15) is 5.11 Å². The molecule has 0 amide bonds. The summed E-state index contributed by atoms with van der Waals surface area (Å²) in [6, 6.07) is 8.44. The van der Waals surface area contributed by atoms with Crippen LogP contribution < -0.4 is 0 Å². The van der Waals surface area contributed by atoms with E-state index in [1.165, 1.54) is 11.1 Å². The highest BCUT2D eigenvalue weighted by atomic mass is 16.5. The number of ether oxygens (including phenoxy) is 1. The molecule has 1 aromatic carbocycles. The number of aliphatic hydroxyl groups excluding tert-OH is 1. The van der Waals surface area contributed by atoms with E-state index in [0.717, 1.165) is 32.3 Å². The monoisotopic (exact) mass is 248 g/mol. The van der Waals surface area contributed by atoms with Crippen LogP contribution in [-0.4, -0.2) is 17.8 Å². The molecule has 2 nitrogen and oxygen atoms in total. The van der Waals surface area contributed by atoms with Gasteiger partial charge < -0.3 is 9.84 Å². The number of aliphatic hydroxyl groups is 1. The normalized spacial score (nSPS) is 22.3. The van der Waals surface area contributed by atoms with Crippen LogP contribution in [0.3, 0.4) is 0 Å².